The van der Waals surface area contributed by atoms with Crippen LogP contribution >= 0.6 is 0 Å². The Balaban J connectivity index is 2.05. The van der Waals surface area contributed by atoms with Crippen LogP contribution in [0.3, 0.4) is 0 Å². The van der Waals surface area contributed by atoms with E-state index < -0.39 is 5.92 Å². The molecular formula is C15H29F2N. The van der Waals surface area contributed by atoms with E-state index in [-0.39, 0.29) is 18.9 Å². The van der Waals surface area contributed by atoms with Gasteiger partial charge in [-0.05, 0) is 25.2 Å². The van der Waals surface area contributed by atoms with Crippen LogP contribution in [0.2, 0.25) is 0 Å². The van der Waals surface area contributed by atoms with Crippen LogP contribution in [0.5, 0.6) is 0 Å². The van der Waals surface area contributed by atoms with Gasteiger partial charge >= 0.3 is 0 Å². The quantitative estimate of drug-likeness (QED) is 0.618. The molecule has 0 aliphatic heterocycles. The normalized spacial score (nSPS) is 22.0. The molecule has 1 rings (SSSR count). The molecule has 0 radical (unpaired) electrons. The van der Waals surface area contributed by atoms with Gasteiger partial charge in [-0.15, -0.1) is 0 Å². The Hall–Kier alpha value is -0.180. The van der Waals surface area contributed by atoms with Gasteiger partial charge in [-0.2, -0.15) is 0 Å². The van der Waals surface area contributed by atoms with Crippen molar-refractivity contribution < 1.29 is 8.78 Å². The molecule has 0 saturated heterocycles. The second-order valence-corrected chi connectivity index (χ2v) is 5.91. The Kier molecular flexibility index (Phi) is 7.13. The topological polar surface area (TPSA) is 26.0 Å². The average molecular weight is 261 g/mol. The lowest BCUT2D eigenvalue weighted by Gasteiger charge is -2.32. The Labute approximate surface area is 111 Å². The molecule has 108 valence electrons. The summed E-state index contributed by atoms with van der Waals surface area (Å²) in [5.41, 5.74) is 6.13. The van der Waals surface area contributed by atoms with Crippen LogP contribution in [-0.4, -0.2) is 12.0 Å². The van der Waals surface area contributed by atoms with Crippen molar-refractivity contribution in [2.45, 2.75) is 89.5 Å². The maximum absolute atomic E-state index is 13.0. The van der Waals surface area contributed by atoms with Gasteiger partial charge < -0.3 is 5.73 Å². The molecule has 0 aromatic carbocycles. The van der Waals surface area contributed by atoms with Gasteiger partial charge in [0.05, 0.1) is 0 Å². The second kappa shape index (κ2) is 8.08. The third kappa shape index (κ3) is 6.12. The summed E-state index contributed by atoms with van der Waals surface area (Å²) in [6, 6.07) is 0.146. The molecule has 0 aromatic rings. The second-order valence-electron chi connectivity index (χ2n) is 5.91. The molecule has 1 aliphatic rings. The zero-order valence-electron chi connectivity index (χ0n) is 11.8. The Morgan fingerprint density at radius 1 is 1.06 bits per heavy atom. The molecule has 1 fully saturated rings. The number of rotatable bonds is 8. The van der Waals surface area contributed by atoms with Crippen molar-refractivity contribution >= 4 is 0 Å². The first-order chi connectivity index (χ1) is 8.55. The summed E-state index contributed by atoms with van der Waals surface area (Å²) in [4.78, 5) is 0. The van der Waals surface area contributed by atoms with Crippen LogP contribution in [0, 0.1) is 5.92 Å². The minimum absolute atomic E-state index is 0.0435. The molecule has 1 saturated carbocycles. The zero-order chi connectivity index (χ0) is 13.4. The van der Waals surface area contributed by atoms with Crippen molar-refractivity contribution in [3.8, 4) is 0 Å². The fourth-order valence-corrected chi connectivity index (χ4v) is 2.89. The summed E-state index contributed by atoms with van der Waals surface area (Å²) < 4.78 is 26.1. The van der Waals surface area contributed by atoms with Crippen LogP contribution in [0.1, 0.15) is 77.6 Å². The van der Waals surface area contributed by atoms with Gasteiger partial charge in [-0.25, -0.2) is 8.78 Å². The molecule has 1 nitrogen and oxygen atoms in total. The van der Waals surface area contributed by atoms with Crippen LogP contribution in [-0.2, 0) is 0 Å². The highest BCUT2D eigenvalue weighted by molar-refractivity contribution is 4.83. The molecule has 1 aliphatic carbocycles. The van der Waals surface area contributed by atoms with Crippen molar-refractivity contribution in [2.75, 3.05) is 0 Å². The SMILES string of the molecule is CCCCCCCCC(N)C1CCC(F)(F)CC1. The van der Waals surface area contributed by atoms with E-state index in [4.69, 9.17) is 5.73 Å². The molecule has 0 aromatic heterocycles. The molecule has 1 atom stereocenters. The molecule has 0 heterocycles. The fourth-order valence-electron chi connectivity index (χ4n) is 2.89. The summed E-state index contributed by atoms with van der Waals surface area (Å²) in [5.74, 6) is -2.09. The van der Waals surface area contributed by atoms with Crippen molar-refractivity contribution in [3.05, 3.63) is 0 Å². The highest BCUT2D eigenvalue weighted by atomic mass is 19.3. The van der Waals surface area contributed by atoms with Gasteiger partial charge in [0.1, 0.15) is 0 Å². The third-order valence-electron chi connectivity index (χ3n) is 4.26. The summed E-state index contributed by atoms with van der Waals surface area (Å²) in [6.07, 6.45) is 9.96. The van der Waals surface area contributed by atoms with E-state index in [1.54, 1.807) is 0 Å². The van der Waals surface area contributed by atoms with Crippen molar-refractivity contribution in [3.63, 3.8) is 0 Å². The van der Waals surface area contributed by atoms with E-state index in [2.05, 4.69) is 6.92 Å². The van der Waals surface area contributed by atoms with Gasteiger partial charge in [-0.3, -0.25) is 0 Å². The minimum atomic E-state index is -2.42. The number of hydrogen-bond acceptors (Lipinski definition) is 1. The first-order valence-corrected chi connectivity index (χ1v) is 7.68. The van der Waals surface area contributed by atoms with E-state index in [1.165, 1.54) is 32.1 Å². The van der Waals surface area contributed by atoms with Gasteiger partial charge in [-0.1, -0.05) is 45.4 Å². The predicted molar refractivity (Wildman–Crippen MR) is 72.9 cm³/mol. The smallest absolute Gasteiger partial charge is 0.248 e. The summed E-state index contributed by atoms with van der Waals surface area (Å²) in [6.45, 7) is 2.22. The monoisotopic (exact) mass is 261 g/mol. The average Bonchev–Trinajstić information content (AvgIpc) is 2.33. The summed E-state index contributed by atoms with van der Waals surface area (Å²) in [5, 5.41) is 0. The maximum Gasteiger partial charge on any atom is 0.248 e. The molecule has 1 unspecified atom stereocenters. The standard InChI is InChI=1S/C15H29F2N/c1-2-3-4-5-6-7-8-14(18)13-9-11-15(16,17)12-10-13/h13-14H,2-12,18H2,1H3. The number of hydrogen-bond donors (Lipinski definition) is 1. The Bertz CT molecular complexity index is 209. The molecule has 3 heteroatoms. The molecule has 18 heavy (non-hydrogen) atoms. The zero-order valence-corrected chi connectivity index (χ0v) is 11.8. The van der Waals surface area contributed by atoms with Gasteiger partial charge in [0, 0.05) is 18.9 Å². The summed E-state index contributed by atoms with van der Waals surface area (Å²) >= 11 is 0. The summed E-state index contributed by atoms with van der Waals surface area (Å²) in [7, 11) is 0. The largest absolute Gasteiger partial charge is 0.327 e. The molecule has 0 bridgehead atoms. The number of halogens is 2. The van der Waals surface area contributed by atoms with E-state index in [9.17, 15) is 8.78 Å². The first kappa shape index (κ1) is 15.9. The molecule has 0 spiro atoms. The van der Waals surface area contributed by atoms with Crippen molar-refractivity contribution in [1.82, 2.24) is 0 Å². The van der Waals surface area contributed by atoms with Crippen molar-refractivity contribution in [2.24, 2.45) is 11.7 Å². The highest BCUT2D eigenvalue weighted by Crippen LogP contribution is 2.37. The van der Waals surface area contributed by atoms with Crippen LogP contribution in [0.25, 0.3) is 0 Å². The molecule has 2 N–H and O–H groups in total. The molecule has 0 amide bonds. The third-order valence-corrected chi connectivity index (χ3v) is 4.26. The van der Waals surface area contributed by atoms with Crippen LogP contribution < -0.4 is 5.73 Å². The van der Waals surface area contributed by atoms with Gasteiger partial charge in [0.25, 0.3) is 0 Å². The van der Waals surface area contributed by atoms with E-state index >= 15 is 0 Å². The number of alkyl halides is 2. The number of unbranched alkanes of at least 4 members (excludes halogenated alkanes) is 5. The lowest BCUT2D eigenvalue weighted by Crippen LogP contribution is -2.36. The van der Waals surface area contributed by atoms with Gasteiger partial charge in [0.15, 0.2) is 0 Å². The van der Waals surface area contributed by atoms with Gasteiger partial charge in [0.2, 0.25) is 5.92 Å². The van der Waals surface area contributed by atoms with E-state index in [0.717, 1.165) is 12.8 Å². The van der Waals surface area contributed by atoms with Crippen LogP contribution in [0.15, 0.2) is 0 Å². The lowest BCUT2D eigenvalue weighted by molar-refractivity contribution is -0.0484. The molecular weight excluding hydrogens is 232 g/mol. The maximum atomic E-state index is 13.0. The van der Waals surface area contributed by atoms with Crippen LogP contribution in [0.4, 0.5) is 8.78 Å². The first-order valence-electron chi connectivity index (χ1n) is 7.68. The lowest BCUT2D eigenvalue weighted by atomic mass is 9.81. The Morgan fingerprint density at radius 3 is 2.22 bits per heavy atom. The highest BCUT2D eigenvalue weighted by Gasteiger charge is 2.36. The van der Waals surface area contributed by atoms with E-state index in [1.807, 2.05) is 0 Å². The minimum Gasteiger partial charge on any atom is -0.327 e. The predicted octanol–water partition coefficient (Wildman–Crippen LogP) is 4.89. The Morgan fingerprint density at radius 2 is 1.61 bits per heavy atom. The van der Waals surface area contributed by atoms with Crippen molar-refractivity contribution in [1.29, 1.82) is 0 Å². The van der Waals surface area contributed by atoms with E-state index in [0.29, 0.717) is 18.8 Å². The fraction of sp³-hybridized carbons (Fsp3) is 1.00. The number of nitrogens with two attached hydrogens (primary N) is 1.